The Hall–Kier alpha value is -3.63. The van der Waals surface area contributed by atoms with Crippen LogP contribution in [0.25, 0.3) is 16.8 Å². The zero-order valence-corrected chi connectivity index (χ0v) is 15.8. The second-order valence-corrected chi connectivity index (χ2v) is 6.66. The molecule has 0 spiro atoms. The first-order valence-electron chi connectivity index (χ1n) is 8.86. The largest absolute Gasteiger partial charge is 0.418 e. The van der Waals surface area contributed by atoms with Crippen molar-refractivity contribution in [2.45, 2.75) is 19.3 Å². The summed E-state index contributed by atoms with van der Waals surface area (Å²) in [6, 6.07) is 7.97. The fourth-order valence-electron chi connectivity index (χ4n) is 3.06. The number of benzene rings is 1. The van der Waals surface area contributed by atoms with Crippen LogP contribution < -0.4 is 5.32 Å². The summed E-state index contributed by atoms with van der Waals surface area (Å²) in [5.41, 5.74) is -0.552. The molecule has 0 saturated heterocycles. The molecule has 0 radical (unpaired) electrons. The summed E-state index contributed by atoms with van der Waals surface area (Å²) in [6.45, 7) is 1.64. The molecule has 0 aliphatic carbocycles. The molecule has 31 heavy (non-hydrogen) atoms. The van der Waals surface area contributed by atoms with E-state index >= 15 is 0 Å². The van der Waals surface area contributed by atoms with Crippen molar-refractivity contribution in [3.8, 4) is 11.3 Å². The van der Waals surface area contributed by atoms with Crippen LogP contribution >= 0.6 is 0 Å². The first-order chi connectivity index (χ1) is 14.5. The minimum absolute atomic E-state index is 0.157. The maximum Gasteiger partial charge on any atom is 0.418 e. The molecular formula is C20H13F6N5. The maximum atomic E-state index is 13.3. The monoisotopic (exact) mass is 437 g/mol. The van der Waals surface area contributed by atoms with Crippen molar-refractivity contribution in [3.63, 3.8) is 0 Å². The fraction of sp³-hybridized carbons (Fsp3) is 0.150. The van der Waals surface area contributed by atoms with Gasteiger partial charge in [-0.15, -0.1) is 0 Å². The number of aromatic nitrogens is 4. The summed E-state index contributed by atoms with van der Waals surface area (Å²) in [5.74, 6) is 0.205. The minimum atomic E-state index is -4.58. The van der Waals surface area contributed by atoms with Gasteiger partial charge in [0.25, 0.3) is 0 Å². The molecule has 3 heterocycles. The van der Waals surface area contributed by atoms with Crippen LogP contribution in [-0.2, 0) is 12.4 Å². The van der Waals surface area contributed by atoms with Crippen LogP contribution in [0.2, 0.25) is 0 Å². The zero-order valence-electron chi connectivity index (χ0n) is 15.8. The number of aryl methyl sites for hydroxylation is 1. The molecular weight excluding hydrogens is 424 g/mol. The van der Waals surface area contributed by atoms with Gasteiger partial charge in [0.1, 0.15) is 0 Å². The Bertz CT molecular complexity index is 1240. The van der Waals surface area contributed by atoms with E-state index in [4.69, 9.17) is 0 Å². The van der Waals surface area contributed by atoms with E-state index in [2.05, 4.69) is 20.4 Å². The molecule has 4 rings (SSSR count). The third kappa shape index (κ3) is 4.03. The van der Waals surface area contributed by atoms with Crippen molar-refractivity contribution in [3.05, 3.63) is 71.7 Å². The SMILES string of the molecule is Cc1nc(Nc2ccc(C(F)(F)F)cc2)n2ncc(-c3ncccc3C(F)(F)F)cc12. The lowest BCUT2D eigenvalue weighted by Gasteiger charge is -2.12. The number of hydrogen-bond acceptors (Lipinski definition) is 4. The van der Waals surface area contributed by atoms with E-state index in [1.54, 1.807) is 6.92 Å². The summed E-state index contributed by atoms with van der Waals surface area (Å²) in [6.07, 6.45) is -6.55. The summed E-state index contributed by atoms with van der Waals surface area (Å²) in [7, 11) is 0. The molecule has 0 aliphatic rings. The van der Waals surface area contributed by atoms with Crippen LogP contribution in [0.1, 0.15) is 16.8 Å². The predicted molar refractivity (Wildman–Crippen MR) is 101 cm³/mol. The van der Waals surface area contributed by atoms with E-state index in [1.807, 2.05) is 0 Å². The molecule has 160 valence electrons. The lowest BCUT2D eigenvalue weighted by atomic mass is 10.1. The quantitative estimate of drug-likeness (QED) is 0.407. The second kappa shape index (κ2) is 7.25. The Balaban J connectivity index is 1.71. The van der Waals surface area contributed by atoms with Crippen LogP contribution in [0.4, 0.5) is 38.0 Å². The van der Waals surface area contributed by atoms with Gasteiger partial charge in [-0.1, -0.05) is 0 Å². The normalized spacial score (nSPS) is 12.4. The summed E-state index contributed by atoms with van der Waals surface area (Å²) in [4.78, 5) is 8.14. The topological polar surface area (TPSA) is 55.1 Å². The molecule has 0 aliphatic heterocycles. The molecule has 3 aromatic heterocycles. The smallest absolute Gasteiger partial charge is 0.324 e. The number of imidazole rings is 1. The Labute approximate surface area is 171 Å². The van der Waals surface area contributed by atoms with E-state index in [-0.39, 0.29) is 17.2 Å². The number of halogens is 6. The standard InChI is InChI=1S/C20H13F6N5/c1-11-16-9-12(17-15(20(24,25)26)3-2-8-27-17)10-28-31(16)18(29-11)30-14-6-4-13(5-7-14)19(21,22)23/h2-10H,1H3,(H,29,30). The van der Waals surface area contributed by atoms with Gasteiger partial charge in [-0.05, 0) is 49.4 Å². The van der Waals surface area contributed by atoms with Gasteiger partial charge in [-0.25, -0.2) is 4.98 Å². The molecule has 0 amide bonds. The first kappa shape index (κ1) is 20.6. The molecule has 4 aromatic rings. The van der Waals surface area contributed by atoms with Crippen LogP contribution in [0.15, 0.2) is 54.9 Å². The molecule has 0 saturated carbocycles. The van der Waals surface area contributed by atoms with Gasteiger partial charge in [0.05, 0.1) is 34.2 Å². The average molecular weight is 437 g/mol. The Kier molecular flexibility index (Phi) is 4.83. The molecule has 1 N–H and O–H groups in total. The molecule has 11 heteroatoms. The fourth-order valence-corrected chi connectivity index (χ4v) is 3.06. The number of rotatable bonds is 3. The van der Waals surface area contributed by atoms with E-state index in [0.717, 1.165) is 18.2 Å². The minimum Gasteiger partial charge on any atom is -0.324 e. The van der Waals surface area contributed by atoms with Gasteiger partial charge in [-0.3, -0.25) is 4.98 Å². The number of hydrogen-bond donors (Lipinski definition) is 1. The maximum absolute atomic E-state index is 13.3. The lowest BCUT2D eigenvalue weighted by molar-refractivity contribution is -0.138. The Morgan fingerprint density at radius 3 is 2.29 bits per heavy atom. The summed E-state index contributed by atoms with van der Waals surface area (Å²) < 4.78 is 79.5. The number of fused-ring (bicyclic) bond motifs is 1. The highest BCUT2D eigenvalue weighted by Gasteiger charge is 2.34. The summed E-state index contributed by atoms with van der Waals surface area (Å²) >= 11 is 0. The third-order valence-corrected chi connectivity index (χ3v) is 4.53. The van der Waals surface area contributed by atoms with Crippen molar-refractivity contribution in [2.75, 3.05) is 5.32 Å². The van der Waals surface area contributed by atoms with Crippen LogP contribution in [0, 0.1) is 6.92 Å². The Morgan fingerprint density at radius 1 is 0.935 bits per heavy atom. The van der Waals surface area contributed by atoms with Crippen LogP contribution in [-0.4, -0.2) is 19.6 Å². The Morgan fingerprint density at radius 2 is 1.65 bits per heavy atom. The van der Waals surface area contributed by atoms with Crippen molar-refractivity contribution in [1.82, 2.24) is 19.6 Å². The average Bonchev–Trinajstić information content (AvgIpc) is 3.02. The molecule has 0 unspecified atom stereocenters. The van der Waals surface area contributed by atoms with Gasteiger partial charge in [0.2, 0.25) is 5.95 Å². The van der Waals surface area contributed by atoms with Crippen LogP contribution in [0.3, 0.4) is 0 Å². The first-order valence-corrected chi connectivity index (χ1v) is 8.86. The molecule has 5 nitrogen and oxygen atoms in total. The van der Waals surface area contributed by atoms with E-state index in [0.29, 0.717) is 16.9 Å². The van der Waals surface area contributed by atoms with E-state index < -0.39 is 23.5 Å². The van der Waals surface area contributed by atoms with Crippen molar-refractivity contribution >= 4 is 17.2 Å². The van der Waals surface area contributed by atoms with Crippen molar-refractivity contribution in [1.29, 1.82) is 0 Å². The van der Waals surface area contributed by atoms with Crippen LogP contribution in [0.5, 0.6) is 0 Å². The number of nitrogens with zero attached hydrogens (tertiary/aromatic N) is 4. The highest BCUT2D eigenvalue weighted by Crippen LogP contribution is 2.36. The van der Waals surface area contributed by atoms with E-state index in [1.165, 1.54) is 41.2 Å². The predicted octanol–water partition coefficient (Wildman–Crippen LogP) is 5.88. The van der Waals surface area contributed by atoms with Gasteiger partial charge < -0.3 is 5.32 Å². The van der Waals surface area contributed by atoms with Gasteiger partial charge in [0, 0.05) is 17.4 Å². The molecule has 1 aromatic carbocycles. The number of nitrogens with one attached hydrogen (secondary N) is 1. The highest BCUT2D eigenvalue weighted by atomic mass is 19.4. The zero-order chi connectivity index (χ0) is 22.4. The summed E-state index contributed by atoms with van der Waals surface area (Å²) in [5, 5.41) is 7.03. The number of anilines is 2. The third-order valence-electron chi connectivity index (χ3n) is 4.53. The number of pyridine rings is 1. The molecule has 0 atom stereocenters. The van der Waals surface area contributed by atoms with Crippen molar-refractivity contribution < 1.29 is 26.3 Å². The van der Waals surface area contributed by atoms with Gasteiger partial charge in [-0.2, -0.15) is 36.0 Å². The lowest BCUT2D eigenvalue weighted by Crippen LogP contribution is -2.08. The van der Waals surface area contributed by atoms with Gasteiger partial charge >= 0.3 is 12.4 Å². The van der Waals surface area contributed by atoms with E-state index in [9.17, 15) is 26.3 Å². The van der Waals surface area contributed by atoms with Gasteiger partial charge in [0.15, 0.2) is 0 Å². The molecule has 0 bridgehead atoms. The second-order valence-electron chi connectivity index (χ2n) is 6.66. The highest BCUT2D eigenvalue weighted by molar-refractivity contribution is 5.71. The van der Waals surface area contributed by atoms with Crippen molar-refractivity contribution in [2.24, 2.45) is 0 Å². The number of alkyl halides is 6. The molecule has 0 fully saturated rings.